The fourth-order valence-electron chi connectivity index (χ4n) is 2.55. The van der Waals surface area contributed by atoms with Crippen LogP contribution in [0.25, 0.3) is 10.9 Å². The van der Waals surface area contributed by atoms with Gasteiger partial charge in [-0.1, -0.05) is 35.3 Å². The van der Waals surface area contributed by atoms with Crippen molar-refractivity contribution in [3.05, 3.63) is 76.7 Å². The van der Waals surface area contributed by atoms with Crippen molar-refractivity contribution in [1.29, 1.82) is 0 Å². The molecular formula is C19H14Cl2N4O. The standard InChI is InChI=1S/C19H14Cl2N4O/c20-15-8-7-12(10-16(15)21)23-19-24-17-6-2-1-5-14(17)18(25-19)22-11-13-4-3-9-26-13/h1-10H,11H2,(H2,22,23,24,25). The lowest BCUT2D eigenvalue weighted by Gasteiger charge is -2.11. The summed E-state index contributed by atoms with van der Waals surface area (Å²) < 4.78 is 5.37. The Balaban J connectivity index is 1.67. The van der Waals surface area contributed by atoms with Crippen LogP contribution in [0.2, 0.25) is 10.0 Å². The zero-order valence-corrected chi connectivity index (χ0v) is 15.1. The van der Waals surface area contributed by atoms with E-state index in [4.69, 9.17) is 27.6 Å². The Bertz CT molecular complexity index is 1050. The van der Waals surface area contributed by atoms with E-state index < -0.39 is 0 Å². The van der Waals surface area contributed by atoms with Crippen LogP contribution in [0.1, 0.15) is 5.76 Å². The number of hydrogen-bond donors (Lipinski definition) is 2. The van der Waals surface area contributed by atoms with Crippen molar-refractivity contribution in [2.45, 2.75) is 6.54 Å². The molecule has 0 bridgehead atoms. The number of aromatic nitrogens is 2. The molecule has 0 amide bonds. The summed E-state index contributed by atoms with van der Waals surface area (Å²) in [6, 6.07) is 16.9. The third-order valence-electron chi connectivity index (χ3n) is 3.79. The van der Waals surface area contributed by atoms with Crippen LogP contribution in [-0.4, -0.2) is 9.97 Å². The summed E-state index contributed by atoms with van der Waals surface area (Å²) in [5, 5.41) is 8.37. The Labute approximate surface area is 160 Å². The van der Waals surface area contributed by atoms with Gasteiger partial charge in [-0.15, -0.1) is 0 Å². The first-order chi connectivity index (χ1) is 12.7. The molecule has 2 aromatic heterocycles. The number of halogens is 2. The number of para-hydroxylation sites is 1. The summed E-state index contributed by atoms with van der Waals surface area (Å²) in [5.74, 6) is 2.00. The Morgan fingerprint density at radius 1 is 0.923 bits per heavy atom. The zero-order valence-electron chi connectivity index (χ0n) is 13.5. The second-order valence-electron chi connectivity index (χ2n) is 5.60. The fraction of sp³-hybridized carbons (Fsp3) is 0.0526. The van der Waals surface area contributed by atoms with E-state index in [1.165, 1.54) is 0 Å². The summed E-state index contributed by atoms with van der Waals surface area (Å²) in [6.07, 6.45) is 1.65. The van der Waals surface area contributed by atoms with Crippen LogP contribution >= 0.6 is 23.2 Å². The minimum Gasteiger partial charge on any atom is -0.467 e. The summed E-state index contributed by atoms with van der Waals surface area (Å²) >= 11 is 12.0. The summed E-state index contributed by atoms with van der Waals surface area (Å²) in [6.45, 7) is 0.528. The van der Waals surface area contributed by atoms with Gasteiger partial charge in [0.15, 0.2) is 0 Å². The predicted molar refractivity (Wildman–Crippen MR) is 105 cm³/mol. The third-order valence-corrected chi connectivity index (χ3v) is 4.53. The number of furan rings is 1. The smallest absolute Gasteiger partial charge is 0.229 e. The van der Waals surface area contributed by atoms with Crippen molar-refractivity contribution in [3.8, 4) is 0 Å². The van der Waals surface area contributed by atoms with Crippen LogP contribution in [0.5, 0.6) is 0 Å². The normalized spacial score (nSPS) is 10.8. The lowest BCUT2D eigenvalue weighted by atomic mass is 10.2. The van der Waals surface area contributed by atoms with Crippen molar-refractivity contribution in [2.75, 3.05) is 10.6 Å². The van der Waals surface area contributed by atoms with Gasteiger partial charge >= 0.3 is 0 Å². The molecule has 4 rings (SSSR count). The number of nitrogens with one attached hydrogen (secondary N) is 2. The van der Waals surface area contributed by atoms with E-state index in [0.29, 0.717) is 22.5 Å². The third kappa shape index (κ3) is 3.59. The van der Waals surface area contributed by atoms with Crippen LogP contribution in [0, 0.1) is 0 Å². The summed E-state index contributed by atoms with van der Waals surface area (Å²) in [5.41, 5.74) is 1.58. The van der Waals surface area contributed by atoms with Crippen LogP contribution in [-0.2, 0) is 6.54 Å². The molecule has 0 spiro atoms. The minimum absolute atomic E-state index is 0.462. The lowest BCUT2D eigenvalue weighted by Crippen LogP contribution is -2.05. The van der Waals surface area contributed by atoms with E-state index in [9.17, 15) is 0 Å². The van der Waals surface area contributed by atoms with Crippen LogP contribution in [0.15, 0.2) is 65.3 Å². The highest BCUT2D eigenvalue weighted by atomic mass is 35.5. The average Bonchev–Trinajstić information content (AvgIpc) is 3.16. The van der Waals surface area contributed by atoms with Crippen LogP contribution < -0.4 is 10.6 Å². The fourth-order valence-corrected chi connectivity index (χ4v) is 2.85. The Kier molecular flexibility index (Phi) is 4.65. The van der Waals surface area contributed by atoms with Gasteiger partial charge in [-0.2, -0.15) is 4.98 Å². The van der Waals surface area contributed by atoms with E-state index in [0.717, 1.165) is 28.2 Å². The van der Waals surface area contributed by atoms with Crippen molar-refractivity contribution >= 4 is 51.6 Å². The van der Waals surface area contributed by atoms with E-state index in [1.807, 2.05) is 42.5 Å². The van der Waals surface area contributed by atoms with Gasteiger partial charge in [0.05, 0.1) is 28.4 Å². The quantitative estimate of drug-likeness (QED) is 0.449. The molecule has 2 aromatic carbocycles. The molecule has 2 heterocycles. The number of hydrogen-bond acceptors (Lipinski definition) is 5. The van der Waals surface area contributed by atoms with Gasteiger partial charge in [0, 0.05) is 11.1 Å². The molecule has 0 unspecified atom stereocenters. The lowest BCUT2D eigenvalue weighted by molar-refractivity contribution is 0.518. The van der Waals surface area contributed by atoms with E-state index in [1.54, 1.807) is 18.4 Å². The molecule has 0 fully saturated rings. The predicted octanol–water partition coefficient (Wildman–Crippen LogP) is 5.89. The second-order valence-corrected chi connectivity index (χ2v) is 6.41. The molecule has 130 valence electrons. The van der Waals surface area contributed by atoms with E-state index >= 15 is 0 Å². The van der Waals surface area contributed by atoms with Crippen molar-refractivity contribution < 1.29 is 4.42 Å². The molecule has 4 aromatic rings. The van der Waals surface area contributed by atoms with E-state index in [2.05, 4.69) is 20.6 Å². The second kappa shape index (κ2) is 7.23. The highest BCUT2D eigenvalue weighted by Gasteiger charge is 2.09. The van der Waals surface area contributed by atoms with Gasteiger partial charge in [-0.05, 0) is 42.5 Å². The molecule has 0 aliphatic carbocycles. The van der Waals surface area contributed by atoms with Crippen LogP contribution in [0.4, 0.5) is 17.5 Å². The number of benzene rings is 2. The number of anilines is 3. The van der Waals surface area contributed by atoms with Gasteiger partial charge in [0.2, 0.25) is 5.95 Å². The van der Waals surface area contributed by atoms with Gasteiger partial charge in [0.1, 0.15) is 11.6 Å². The molecule has 5 nitrogen and oxygen atoms in total. The first-order valence-corrected chi connectivity index (χ1v) is 8.70. The molecule has 26 heavy (non-hydrogen) atoms. The zero-order chi connectivity index (χ0) is 17.9. The largest absolute Gasteiger partial charge is 0.467 e. The molecule has 0 aliphatic heterocycles. The molecule has 0 saturated heterocycles. The highest BCUT2D eigenvalue weighted by molar-refractivity contribution is 6.42. The van der Waals surface area contributed by atoms with Gasteiger partial charge in [0.25, 0.3) is 0 Å². The molecule has 2 N–H and O–H groups in total. The topological polar surface area (TPSA) is 63.0 Å². The maximum Gasteiger partial charge on any atom is 0.229 e. The average molecular weight is 385 g/mol. The summed E-state index contributed by atoms with van der Waals surface area (Å²) in [7, 11) is 0. The van der Waals surface area contributed by atoms with Gasteiger partial charge in [-0.3, -0.25) is 0 Å². The maximum absolute atomic E-state index is 6.08. The monoisotopic (exact) mass is 384 g/mol. The van der Waals surface area contributed by atoms with Crippen LogP contribution in [0.3, 0.4) is 0 Å². The van der Waals surface area contributed by atoms with Gasteiger partial charge < -0.3 is 15.1 Å². The Morgan fingerprint density at radius 2 is 1.81 bits per heavy atom. The number of fused-ring (bicyclic) bond motifs is 1. The highest BCUT2D eigenvalue weighted by Crippen LogP contribution is 2.28. The molecule has 7 heteroatoms. The van der Waals surface area contributed by atoms with Crippen molar-refractivity contribution in [1.82, 2.24) is 9.97 Å². The SMILES string of the molecule is Clc1ccc(Nc2nc(NCc3ccco3)c3ccccc3n2)cc1Cl. The number of rotatable bonds is 5. The summed E-state index contributed by atoms with van der Waals surface area (Å²) in [4.78, 5) is 9.16. The maximum atomic E-state index is 6.08. The molecule has 0 radical (unpaired) electrons. The first kappa shape index (κ1) is 16.7. The van der Waals surface area contributed by atoms with E-state index in [-0.39, 0.29) is 0 Å². The minimum atomic E-state index is 0.462. The first-order valence-electron chi connectivity index (χ1n) is 7.94. The molecule has 0 atom stereocenters. The van der Waals surface area contributed by atoms with Crippen molar-refractivity contribution in [3.63, 3.8) is 0 Å². The molecule has 0 saturated carbocycles. The van der Waals surface area contributed by atoms with Crippen molar-refractivity contribution in [2.24, 2.45) is 0 Å². The Morgan fingerprint density at radius 3 is 2.62 bits per heavy atom. The number of nitrogens with zero attached hydrogens (tertiary/aromatic N) is 2. The Hall–Kier alpha value is -2.76. The molecule has 0 aliphatic rings. The van der Waals surface area contributed by atoms with Gasteiger partial charge in [-0.25, -0.2) is 4.98 Å². The molecular weight excluding hydrogens is 371 g/mol.